The average molecular weight is 249 g/mol. The fourth-order valence-corrected chi connectivity index (χ4v) is 1.89. The van der Waals surface area contributed by atoms with Gasteiger partial charge in [0, 0.05) is 23.5 Å². The van der Waals surface area contributed by atoms with Crippen LogP contribution in [0.25, 0.3) is 0 Å². The van der Waals surface area contributed by atoms with Crippen LogP contribution in [0.1, 0.15) is 17.4 Å². The lowest BCUT2D eigenvalue weighted by Gasteiger charge is -2.00. The summed E-state index contributed by atoms with van der Waals surface area (Å²) in [6, 6.07) is 3.65. The molecule has 0 atom stereocenters. The number of ether oxygens (including phenoxy) is 1. The fraction of sp³-hybridized carbons (Fsp3) is 0.182. The molecule has 2 heterocycles. The van der Waals surface area contributed by atoms with Crippen molar-refractivity contribution >= 4 is 28.1 Å². The Morgan fingerprint density at radius 1 is 1.47 bits per heavy atom. The number of thiazole rings is 1. The van der Waals surface area contributed by atoms with E-state index in [1.165, 1.54) is 11.3 Å². The monoisotopic (exact) mass is 249 g/mol. The molecule has 0 aliphatic heterocycles. The second kappa shape index (κ2) is 5.40. The lowest BCUT2D eigenvalue weighted by molar-refractivity contribution is 0.0520. The molecule has 0 aliphatic carbocycles. The van der Waals surface area contributed by atoms with E-state index in [-0.39, 0.29) is 0 Å². The molecule has 0 amide bonds. The molecule has 0 unspecified atom stereocenters. The molecule has 0 aliphatic rings. The molecule has 0 fully saturated rings. The van der Waals surface area contributed by atoms with Crippen molar-refractivity contribution in [3.8, 4) is 0 Å². The SMILES string of the molecule is CCOC(=O)c1csc(Nc2ccncc2)n1. The van der Waals surface area contributed by atoms with Crippen molar-refractivity contribution in [1.82, 2.24) is 9.97 Å². The molecular weight excluding hydrogens is 238 g/mol. The summed E-state index contributed by atoms with van der Waals surface area (Å²) in [5, 5.41) is 5.40. The lowest BCUT2D eigenvalue weighted by Crippen LogP contribution is -2.04. The van der Waals surface area contributed by atoms with Crippen LogP contribution in [0.3, 0.4) is 0 Å². The molecule has 0 bridgehead atoms. The van der Waals surface area contributed by atoms with Crippen LogP contribution in [0, 0.1) is 0 Å². The first-order valence-electron chi connectivity index (χ1n) is 5.09. The third-order valence-corrected chi connectivity index (χ3v) is 2.68. The van der Waals surface area contributed by atoms with E-state index in [2.05, 4.69) is 15.3 Å². The molecule has 2 rings (SSSR count). The Bertz CT molecular complexity index is 498. The zero-order valence-corrected chi connectivity index (χ0v) is 10.0. The van der Waals surface area contributed by atoms with Crippen molar-refractivity contribution in [2.45, 2.75) is 6.92 Å². The Hall–Kier alpha value is -1.95. The fourth-order valence-electron chi connectivity index (χ4n) is 1.19. The predicted molar refractivity (Wildman–Crippen MR) is 65.6 cm³/mol. The van der Waals surface area contributed by atoms with Gasteiger partial charge in [-0.25, -0.2) is 9.78 Å². The molecule has 88 valence electrons. The number of nitrogens with one attached hydrogen (secondary N) is 1. The van der Waals surface area contributed by atoms with Gasteiger partial charge in [-0.2, -0.15) is 0 Å². The first-order chi connectivity index (χ1) is 8.29. The van der Waals surface area contributed by atoms with Gasteiger partial charge in [0.05, 0.1) is 6.61 Å². The van der Waals surface area contributed by atoms with Gasteiger partial charge in [0.2, 0.25) is 0 Å². The van der Waals surface area contributed by atoms with Gasteiger partial charge in [-0.05, 0) is 19.1 Å². The van der Waals surface area contributed by atoms with Gasteiger partial charge in [0.1, 0.15) is 0 Å². The number of hydrogen-bond acceptors (Lipinski definition) is 6. The standard InChI is InChI=1S/C11H11N3O2S/c1-2-16-10(15)9-7-17-11(14-9)13-8-3-5-12-6-4-8/h3-7H,2H2,1H3,(H,12,13,14). The van der Waals surface area contributed by atoms with Crippen LogP contribution < -0.4 is 5.32 Å². The molecule has 17 heavy (non-hydrogen) atoms. The van der Waals surface area contributed by atoms with Crippen molar-refractivity contribution in [2.24, 2.45) is 0 Å². The summed E-state index contributed by atoms with van der Waals surface area (Å²) in [6.07, 6.45) is 3.37. The van der Waals surface area contributed by atoms with Crippen molar-refractivity contribution in [1.29, 1.82) is 0 Å². The maximum absolute atomic E-state index is 11.4. The lowest BCUT2D eigenvalue weighted by atomic mass is 10.4. The van der Waals surface area contributed by atoms with Crippen LogP contribution >= 0.6 is 11.3 Å². The Morgan fingerprint density at radius 3 is 2.94 bits per heavy atom. The number of nitrogens with zero attached hydrogens (tertiary/aromatic N) is 2. The average Bonchev–Trinajstić information content (AvgIpc) is 2.79. The first-order valence-corrected chi connectivity index (χ1v) is 5.97. The summed E-state index contributed by atoms with van der Waals surface area (Å²) in [6.45, 7) is 2.11. The van der Waals surface area contributed by atoms with Gasteiger partial charge in [-0.15, -0.1) is 11.3 Å². The van der Waals surface area contributed by atoms with Gasteiger partial charge < -0.3 is 10.1 Å². The summed E-state index contributed by atoms with van der Waals surface area (Å²) in [7, 11) is 0. The van der Waals surface area contributed by atoms with Crippen molar-refractivity contribution < 1.29 is 9.53 Å². The number of pyridine rings is 1. The molecular formula is C11H11N3O2S. The van der Waals surface area contributed by atoms with Crippen LogP contribution in [0.4, 0.5) is 10.8 Å². The minimum atomic E-state index is -0.397. The highest BCUT2D eigenvalue weighted by Crippen LogP contribution is 2.20. The smallest absolute Gasteiger partial charge is 0.357 e. The summed E-state index contributed by atoms with van der Waals surface area (Å²) >= 11 is 1.36. The minimum absolute atomic E-state index is 0.327. The van der Waals surface area contributed by atoms with E-state index in [1.54, 1.807) is 24.7 Å². The van der Waals surface area contributed by atoms with E-state index in [1.807, 2.05) is 12.1 Å². The molecule has 1 N–H and O–H groups in total. The number of carbonyl (C=O) groups excluding carboxylic acids is 1. The van der Waals surface area contributed by atoms with Gasteiger partial charge in [-0.3, -0.25) is 4.98 Å². The number of hydrogen-bond donors (Lipinski definition) is 1. The van der Waals surface area contributed by atoms with Crippen molar-refractivity contribution in [2.75, 3.05) is 11.9 Å². The molecule has 0 radical (unpaired) electrons. The molecule has 5 nitrogen and oxygen atoms in total. The normalized spacial score (nSPS) is 9.94. The molecule has 0 spiro atoms. The van der Waals surface area contributed by atoms with Crippen LogP contribution in [0.2, 0.25) is 0 Å². The van der Waals surface area contributed by atoms with E-state index in [0.29, 0.717) is 17.4 Å². The van der Waals surface area contributed by atoms with Crippen LogP contribution in [-0.2, 0) is 4.74 Å². The van der Waals surface area contributed by atoms with E-state index in [9.17, 15) is 4.79 Å². The van der Waals surface area contributed by atoms with Gasteiger partial charge in [0.25, 0.3) is 0 Å². The van der Waals surface area contributed by atoms with Gasteiger partial charge in [0.15, 0.2) is 10.8 Å². The van der Waals surface area contributed by atoms with Crippen LogP contribution in [-0.4, -0.2) is 22.5 Å². The molecule has 0 aromatic carbocycles. The topological polar surface area (TPSA) is 64.1 Å². The Morgan fingerprint density at radius 2 is 2.24 bits per heavy atom. The summed E-state index contributed by atoms with van der Waals surface area (Å²) in [5.41, 5.74) is 1.21. The zero-order valence-electron chi connectivity index (χ0n) is 9.21. The maximum atomic E-state index is 11.4. The molecule has 2 aromatic rings. The van der Waals surface area contributed by atoms with E-state index in [4.69, 9.17) is 4.74 Å². The van der Waals surface area contributed by atoms with E-state index >= 15 is 0 Å². The molecule has 2 aromatic heterocycles. The summed E-state index contributed by atoms with van der Waals surface area (Å²) in [5.74, 6) is -0.397. The predicted octanol–water partition coefficient (Wildman–Crippen LogP) is 2.46. The third kappa shape index (κ3) is 3.01. The molecule has 0 saturated heterocycles. The minimum Gasteiger partial charge on any atom is -0.461 e. The zero-order chi connectivity index (χ0) is 12.1. The number of rotatable bonds is 4. The number of anilines is 2. The van der Waals surface area contributed by atoms with Crippen LogP contribution in [0.15, 0.2) is 29.9 Å². The van der Waals surface area contributed by atoms with Crippen molar-refractivity contribution in [3.63, 3.8) is 0 Å². The molecule has 6 heteroatoms. The van der Waals surface area contributed by atoms with E-state index in [0.717, 1.165) is 5.69 Å². The third-order valence-electron chi connectivity index (χ3n) is 1.92. The van der Waals surface area contributed by atoms with Crippen LogP contribution in [0.5, 0.6) is 0 Å². The summed E-state index contributed by atoms with van der Waals surface area (Å²) < 4.78 is 4.86. The van der Waals surface area contributed by atoms with Gasteiger partial charge in [-0.1, -0.05) is 0 Å². The second-order valence-electron chi connectivity index (χ2n) is 3.12. The Labute approximate surface area is 102 Å². The first kappa shape index (κ1) is 11.5. The number of aromatic nitrogens is 2. The van der Waals surface area contributed by atoms with E-state index < -0.39 is 5.97 Å². The highest BCUT2D eigenvalue weighted by Gasteiger charge is 2.11. The molecule has 0 saturated carbocycles. The highest BCUT2D eigenvalue weighted by atomic mass is 32.1. The number of carbonyl (C=O) groups is 1. The van der Waals surface area contributed by atoms with Gasteiger partial charge >= 0.3 is 5.97 Å². The largest absolute Gasteiger partial charge is 0.461 e. The Kier molecular flexibility index (Phi) is 3.66. The summed E-state index contributed by atoms with van der Waals surface area (Å²) in [4.78, 5) is 19.4. The maximum Gasteiger partial charge on any atom is 0.357 e. The highest BCUT2D eigenvalue weighted by molar-refractivity contribution is 7.14. The van der Waals surface area contributed by atoms with Crippen molar-refractivity contribution in [3.05, 3.63) is 35.6 Å². The Balaban J connectivity index is 2.06. The number of esters is 1. The second-order valence-corrected chi connectivity index (χ2v) is 3.98. The quantitative estimate of drug-likeness (QED) is 0.843.